The summed E-state index contributed by atoms with van der Waals surface area (Å²) in [6.45, 7) is 0.630. The van der Waals surface area contributed by atoms with Crippen LogP contribution in [0.5, 0.6) is 17.2 Å². The molecule has 0 saturated heterocycles. The smallest absolute Gasteiger partial charge is 0.161 e. The molecule has 0 saturated carbocycles. The fourth-order valence-electron chi connectivity index (χ4n) is 1.77. The Morgan fingerprint density at radius 1 is 0.952 bits per heavy atom. The van der Waals surface area contributed by atoms with Crippen molar-refractivity contribution in [3.8, 4) is 23.3 Å². The molecule has 5 heteroatoms. The molecule has 0 N–H and O–H groups in total. The zero-order valence-electron chi connectivity index (χ0n) is 11.5. The standard InChI is InChI=1S/C16H14ClNO3/c1-19-15-6-2-3-7-16(15)21-10-9-20-14-8-4-5-13(17)12(14)11-18/h2-8H,9-10H2,1H3. The van der Waals surface area contributed by atoms with Gasteiger partial charge in [0.1, 0.15) is 30.6 Å². The number of halogens is 1. The first-order valence-electron chi connectivity index (χ1n) is 6.33. The Morgan fingerprint density at radius 3 is 2.24 bits per heavy atom. The summed E-state index contributed by atoms with van der Waals surface area (Å²) in [6, 6.07) is 14.5. The Balaban J connectivity index is 1.91. The lowest BCUT2D eigenvalue weighted by molar-refractivity contribution is 0.211. The topological polar surface area (TPSA) is 51.5 Å². The third-order valence-corrected chi connectivity index (χ3v) is 3.07. The van der Waals surface area contributed by atoms with Crippen LogP contribution in [-0.4, -0.2) is 20.3 Å². The van der Waals surface area contributed by atoms with Crippen LogP contribution in [-0.2, 0) is 0 Å². The van der Waals surface area contributed by atoms with Crippen molar-refractivity contribution < 1.29 is 14.2 Å². The van der Waals surface area contributed by atoms with E-state index in [9.17, 15) is 0 Å². The summed E-state index contributed by atoms with van der Waals surface area (Å²) < 4.78 is 16.3. The van der Waals surface area contributed by atoms with Crippen molar-refractivity contribution in [2.45, 2.75) is 0 Å². The van der Waals surface area contributed by atoms with Gasteiger partial charge in [-0.05, 0) is 24.3 Å². The SMILES string of the molecule is COc1ccccc1OCCOc1cccc(Cl)c1C#N. The highest BCUT2D eigenvalue weighted by Gasteiger charge is 2.07. The Hall–Kier alpha value is -2.38. The second kappa shape index (κ2) is 7.41. The monoisotopic (exact) mass is 303 g/mol. The first-order chi connectivity index (χ1) is 10.3. The molecule has 0 spiro atoms. The summed E-state index contributed by atoms with van der Waals surface area (Å²) >= 11 is 5.93. The van der Waals surface area contributed by atoms with E-state index in [2.05, 4.69) is 0 Å². The van der Waals surface area contributed by atoms with Crippen molar-refractivity contribution in [2.75, 3.05) is 20.3 Å². The molecule has 2 rings (SSSR count). The molecule has 0 fully saturated rings. The third kappa shape index (κ3) is 3.80. The van der Waals surface area contributed by atoms with Crippen LogP contribution in [0.3, 0.4) is 0 Å². The molecule has 21 heavy (non-hydrogen) atoms. The van der Waals surface area contributed by atoms with Gasteiger partial charge in [-0.15, -0.1) is 0 Å². The minimum absolute atomic E-state index is 0.299. The molecule has 0 aromatic heterocycles. The van der Waals surface area contributed by atoms with Gasteiger partial charge in [0.25, 0.3) is 0 Å². The average Bonchev–Trinajstić information content (AvgIpc) is 2.52. The molecule has 0 atom stereocenters. The molecule has 4 nitrogen and oxygen atoms in total. The van der Waals surface area contributed by atoms with Crippen LogP contribution in [0.1, 0.15) is 5.56 Å². The van der Waals surface area contributed by atoms with Gasteiger partial charge in [-0.2, -0.15) is 5.26 Å². The first-order valence-corrected chi connectivity index (χ1v) is 6.71. The van der Waals surface area contributed by atoms with Gasteiger partial charge >= 0.3 is 0 Å². The molecule has 108 valence electrons. The van der Waals surface area contributed by atoms with E-state index in [4.69, 9.17) is 31.1 Å². The maximum absolute atomic E-state index is 9.04. The summed E-state index contributed by atoms with van der Waals surface area (Å²) in [5.41, 5.74) is 0.330. The first kappa shape index (κ1) is 15.0. The van der Waals surface area contributed by atoms with Crippen LogP contribution in [0, 0.1) is 11.3 Å². The minimum atomic E-state index is 0.299. The number of ether oxygens (including phenoxy) is 3. The Bertz CT molecular complexity index is 652. The number of rotatable bonds is 6. The van der Waals surface area contributed by atoms with Crippen LogP contribution in [0.2, 0.25) is 5.02 Å². The van der Waals surface area contributed by atoms with E-state index in [1.165, 1.54) is 0 Å². The van der Waals surface area contributed by atoms with Gasteiger partial charge in [0.05, 0.1) is 12.1 Å². The molecule has 0 unspecified atom stereocenters. The number of nitriles is 1. The molecule has 0 aliphatic heterocycles. The van der Waals surface area contributed by atoms with Gasteiger partial charge in [0.15, 0.2) is 11.5 Å². The molecule has 0 amide bonds. The largest absolute Gasteiger partial charge is 0.493 e. The number of nitrogens with zero attached hydrogens (tertiary/aromatic N) is 1. The van der Waals surface area contributed by atoms with Gasteiger partial charge in [0.2, 0.25) is 0 Å². The van der Waals surface area contributed by atoms with E-state index >= 15 is 0 Å². The van der Waals surface area contributed by atoms with E-state index in [0.717, 1.165) is 0 Å². The summed E-state index contributed by atoms with van der Waals surface area (Å²) in [5.74, 6) is 1.77. The lowest BCUT2D eigenvalue weighted by atomic mass is 10.2. The number of benzene rings is 2. The predicted molar refractivity (Wildman–Crippen MR) is 80.2 cm³/mol. The highest BCUT2D eigenvalue weighted by molar-refractivity contribution is 6.31. The van der Waals surface area contributed by atoms with Gasteiger partial charge in [0, 0.05) is 0 Å². The number of methoxy groups -OCH3 is 1. The van der Waals surface area contributed by atoms with Gasteiger partial charge in [-0.25, -0.2) is 0 Å². The molecule has 0 aliphatic rings. The van der Waals surface area contributed by atoms with Crippen molar-refractivity contribution in [3.05, 3.63) is 53.1 Å². The highest BCUT2D eigenvalue weighted by atomic mass is 35.5. The molecule has 2 aromatic carbocycles. The van der Waals surface area contributed by atoms with Crippen LogP contribution in [0.25, 0.3) is 0 Å². The van der Waals surface area contributed by atoms with E-state index in [-0.39, 0.29) is 0 Å². The van der Waals surface area contributed by atoms with E-state index in [1.54, 1.807) is 25.3 Å². The zero-order chi connectivity index (χ0) is 15.1. The lowest BCUT2D eigenvalue weighted by Crippen LogP contribution is -2.10. The Morgan fingerprint density at radius 2 is 1.57 bits per heavy atom. The van der Waals surface area contributed by atoms with Crippen LogP contribution >= 0.6 is 11.6 Å². The van der Waals surface area contributed by atoms with Gasteiger partial charge in [-0.1, -0.05) is 29.8 Å². The Labute approximate surface area is 128 Å². The van der Waals surface area contributed by atoms with Crippen molar-refractivity contribution in [1.82, 2.24) is 0 Å². The van der Waals surface area contributed by atoms with Crippen molar-refractivity contribution in [1.29, 1.82) is 5.26 Å². The number of hydrogen-bond acceptors (Lipinski definition) is 4. The average molecular weight is 304 g/mol. The lowest BCUT2D eigenvalue weighted by Gasteiger charge is -2.12. The highest BCUT2D eigenvalue weighted by Crippen LogP contribution is 2.27. The second-order valence-corrected chi connectivity index (χ2v) is 4.48. The van der Waals surface area contributed by atoms with Crippen LogP contribution < -0.4 is 14.2 Å². The molecular weight excluding hydrogens is 290 g/mol. The minimum Gasteiger partial charge on any atom is -0.493 e. The number of hydrogen-bond donors (Lipinski definition) is 0. The molecule has 0 heterocycles. The van der Waals surface area contributed by atoms with Crippen molar-refractivity contribution in [3.63, 3.8) is 0 Å². The summed E-state index contributed by atoms with van der Waals surface area (Å²) in [6.07, 6.45) is 0. The fraction of sp³-hybridized carbons (Fsp3) is 0.188. The van der Waals surface area contributed by atoms with Gasteiger partial charge < -0.3 is 14.2 Å². The molecule has 0 radical (unpaired) electrons. The summed E-state index contributed by atoms with van der Waals surface area (Å²) in [4.78, 5) is 0. The summed E-state index contributed by atoms with van der Waals surface area (Å²) in [7, 11) is 1.59. The molecule has 2 aromatic rings. The maximum atomic E-state index is 9.04. The predicted octanol–water partition coefficient (Wildman–Crippen LogP) is 3.68. The van der Waals surface area contributed by atoms with Gasteiger partial charge in [-0.3, -0.25) is 0 Å². The normalized spacial score (nSPS) is 9.76. The third-order valence-electron chi connectivity index (χ3n) is 2.75. The molecular formula is C16H14ClNO3. The van der Waals surface area contributed by atoms with E-state index in [0.29, 0.717) is 41.0 Å². The summed E-state index contributed by atoms with van der Waals surface area (Å²) in [5, 5.41) is 9.42. The van der Waals surface area contributed by atoms with Crippen LogP contribution in [0.15, 0.2) is 42.5 Å². The zero-order valence-corrected chi connectivity index (χ0v) is 12.3. The van der Waals surface area contributed by atoms with E-state index in [1.807, 2.05) is 30.3 Å². The Kier molecular flexibility index (Phi) is 5.30. The van der Waals surface area contributed by atoms with Crippen molar-refractivity contribution in [2.24, 2.45) is 0 Å². The maximum Gasteiger partial charge on any atom is 0.161 e. The van der Waals surface area contributed by atoms with Crippen molar-refractivity contribution >= 4 is 11.6 Å². The molecule has 0 aliphatic carbocycles. The quantitative estimate of drug-likeness (QED) is 0.764. The second-order valence-electron chi connectivity index (χ2n) is 4.07. The molecule has 0 bridgehead atoms. The fourth-order valence-corrected chi connectivity index (χ4v) is 1.98. The number of para-hydroxylation sites is 2. The van der Waals surface area contributed by atoms with Crippen LogP contribution in [0.4, 0.5) is 0 Å². The van der Waals surface area contributed by atoms with E-state index < -0.39 is 0 Å².